The summed E-state index contributed by atoms with van der Waals surface area (Å²) in [6, 6.07) is 10.9. The van der Waals surface area contributed by atoms with Crippen molar-refractivity contribution in [3.05, 3.63) is 77.6 Å². The van der Waals surface area contributed by atoms with Crippen molar-refractivity contribution in [1.29, 1.82) is 0 Å². The van der Waals surface area contributed by atoms with E-state index < -0.39 is 11.6 Å². The van der Waals surface area contributed by atoms with Crippen LogP contribution in [0.2, 0.25) is 0 Å². The van der Waals surface area contributed by atoms with E-state index in [1.54, 1.807) is 24.5 Å². The first-order valence-corrected chi connectivity index (χ1v) is 7.69. The van der Waals surface area contributed by atoms with E-state index in [0.29, 0.717) is 23.9 Å². The monoisotopic (exact) mass is 341 g/mol. The molecule has 0 unspecified atom stereocenters. The van der Waals surface area contributed by atoms with Gasteiger partial charge in [-0.05, 0) is 42.0 Å². The normalized spacial score (nSPS) is 10.5. The van der Waals surface area contributed by atoms with Crippen molar-refractivity contribution < 1.29 is 8.78 Å². The first-order chi connectivity index (χ1) is 12.1. The third-order valence-electron chi connectivity index (χ3n) is 3.64. The van der Waals surface area contributed by atoms with Gasteiger partial charge in [-0.1, -0.05) is 6.07 Å². The molecule has 0 fully saturated rings. The van der Waals surface area contributed by atoms with E-state index in [0.717, 1.165) is 5.56 Å². The lowest BCUT2D eigenvalue weighted by Gasteiger charge is -2.12. The van der Waals surface area contributed by atoms with Gasteiger partial charge in [0.15, 0.2) is 5.82 Å². The van der Waals surface area contributed by atoms with Gasteiger partial charge in [-0.25, -0.2) is 13.8 Å². The summed E-state index contributed by atoms with van der Waals surface area (Å²) >= 11 is 0. The highest BCUT2D eigenvalue weighted by Crippen LogP contribution is 2.20. The molecular weight excluding hydrogens is 324 g/mol. The Morgan fingerprint density at radius 1 is 0.880 bits per heavy atom. The molecule has 0 aliphatic heterocycles. The molecule has 2 heterocycles. The van der Waals surface area contributed by atoms with Gasteiger partial charge >= 0.3 is 0 Å². The number of halogens is 2. The van der Waals surface area contributed by atoms with Gasteiger partial charge in [0.05, 0.1) is 5.69 Å². The van der Waals surface area contributed by atoms with Gasteiger partial charge in [0, 0.05) is 31.0 Å². The van der Waals surface area contributed by atoms with Crippen molar-refractivity contribution in [3.63, 3.8) is 0 Å². The van der Waals surface area contributed by atoms with Crippen LogP contribution in [0.4, 0.5) is 26.1 Å². The molecule has 0 aliphatic carbocycles. The van der Waals surface area contributed by atoms with Crippen LogP contribution in [0.15, 0.2) is 54.9 Å². The summed E-state index contributed by atoms with van der Waals surface area (Å²) in [6.45, 7) is 0.518. The highest BCUT2D eigenvalue weighted by Gasteiger charge is 2.09. The lowest BCUT2D eigenvalue weighted by Crippen LogP contribution is -2.09. The lowest BCUT2D eigenvalue weighted by molar-refractivity contribution is 0.560. The van der Waals surface area contributed by atoms with Gasteiger partial charge < -0.3 is 16.4 Å². The molecule has 0 bridgehead atoms. The summed E-state index contributed by atoms with van der Waals surface area (Å²) in [7, 11) is 0. The molecule has 5 nitrogen and oxygen atoms in total. The van der Waals surface area contributed by atoms with Crippen LogP contribution >= 0.6 is 0 Å². The van der Waals surface area contributed by atoms with Crippen LogP contribution in [0.25, 0.3) is 0 Å². The van der Waals surface area contributed by atoms with E-state index in [-0.39, 0.29) is 12.1 Å². The predicted octanol–water partition coefficient (Wildman–Crippen LogP) is 3.56. The van der Waals surface area contributed by atoms with Gasteiger partial charge in [-0.15, -0.1) is 0 Å². The maximum atomic E-state index is 13.7. The fourth-order valence-corrected chi connectivity index (χ4v) is 2.28. The predicted molar refractivity (Wildman–Crippen MR) is 93.9 cm³/mol. The Morgan fingerprint density at radius 3 is 2.32 bits per heavy atom. The van der Waals surface area contributed by atoms with E-state index >= 15 is 0 Å². The molecule has 0 spiro atoms. The number of hydrogen-bond donors (Lipinski definition) is 3. The minimum Gasteiger partial charge on any atom is -0.396 e. The van der Waals surface area contributed by atoms with Crippen LogP contribution in [-0.2, 0) is 13.1 Å². The molecule has 25 heavy (non-hydrogen) atoms. The van der Waals surface area contributed by atoms with E-state index in [1.165, 1.54) is 18.2 Å². The zero-order valence-electron chi connectivity index (χ0n) is 13.3. The van der Waals surface area contributed by atoms with Crippen molar-refractivity contribution in [3.8, 4) is 0 Å². The molecule has 0 aliphatic rings. The number of pyridine rings is 2. The maximum Gasteiger partial charge on any atom is 0.151 e. The van der Waals surface area contributed by atoms with Gasteiger partial charge in [-0.2, -0.15) is 0 Å². The summed E-state index contributed by atoms with van der Waals surface area (Å²) in [5.74, 6) is -0.233. The molecular formula is C18H17F2N5. The SMILES string of the molecule is Nc1ccc(NCc2c(F)cccc2F)nc1NCc1ccncc1. The molecule has 0 radical (unpaired) electrons. The van der Waals surface area contributed by atoms with E-state index in [9.17, 15) is 8.78 Å². The Balaban J connectivity index is 1.69. The minimum atomic E-state index is -0.598. The van der Waals surface area contributed by atoms with Crippen LogP contribution in [-0.4, -0.2) is 9.97 Å². The number of hydrogen-bond acceptors (Lipinski definition) is 5. The molecule has 3 aromatic rings. The number of aromatic nitrogens is 2. The largest absolute Gasteiger partial charge is 0.396 e. The molecule has 4 N–H and O–H groups in total. The highest BCUT2D eigenvalue weighted by molar-refractivity contribution is 5.64. The first-order valence-electron chi connectivity index (χ1n) is 7.69. The average Bonchev–Trinajstić information content (AvgIpc) is 2.62. The van der Waals surface area contributed by atoms with Crippen molar-refractivity contribution in [2.45, 2.75) is 13.1 Å². The number of nitrogen functional groups attached to an aromatic ring is 1. The molecule has 2 aromatic heterocycles. The van der Waals surface area contributed by atoms with Gasteiger partial charge in [0.2, 0.25) is 0 Å². The smallest absolute Gasteiger partial charge is 0.151 e. The van der Waals surface area contributed by atoms with Crippen LogP contribution in [0.3, 0.4) is 0 Å². The van der Waals surface area contributed by atoms with E-state index in [1.807, 2.05) is 12.1 Å². The summed E-state index contributed by atoms with van der Waals surface area (Å²) in [6.07, 6.45) is 3.41. The third-order valence-corrected chi connectivity index (χ3v) is 3.64. The molecule has 0 saturated carbocycles. The fraction of sp³-hybridized carbons (Fsp3) is 0.111. The van der Waals surface area contributed by atoms with Gasteiger partial charge in [-0.3, -0.25) is 4.98 Å². The second-order valence-corrected chi connectivity index (χ2v) is 5.40. The zero-order valence-corrected chi connectivity index (χ0v) is 13.3. The van der Waals surface area contributed by atoms with Crippen LogP contribution < -0.4 is 16.4 Å². The van der Waals surface area contributed by atoms with Crippen molar-refractivity contribution >= 4 is 17.3 Å². The average molecular weight is 341 g/mol. The van der Waals surface area contributed by atoms with Crippen LogP contribution in [0, 0.1) is 11.6 Å². The Labute approximate surface area is 143 Å². The van der Waals surface area contributed by atoms with Gasteiger partial charge in [0.25, 0.3) is 0 Å². The fourth-order valence-electron chi connectivity index (χ4n) is 2.28. The Bertz CT molecular complexity index is 835. The highest BCUT2D eigenvalue weighted by atomic mass is 19.1. The lowest BCUT2D eigenvalue weighted by atomic mass is 10.2. The number of nitrogens with two attached hydrogens (primary N) is 1. The first kappa shape index (κ1) is 16.6. The number of rotatable bonds is 6. The number of anilines is 3. The zero-order chi connectivity index (χ0) is 17.6. The summed E-state index contributed by atoms with van der Waals surface area (Å²) in [4.78, 5) is 8.31. The summed E-state index contributed by atoms with van der Waals surface area (Å²) in [5, 5.41) is 6.05. The quantitative estimate of drug-likeness (QED) is 0.639. The molecule has 1 aromatic carbocycles. The Hall–Kier alpha value is -3.22. The van der Waals surface area contributed by atoms with Gasteiger partial charge in [0.1, 0.15) is 17.5 Å². The maximum absolute atomic E-state index is 13.7. The van der Waals surface area contributed by atoms with Crippen molar-refractivity contribution in [1.82, 2.24) is 9.97 Å². The number of benzene rings is 1. The molecule has 0 atom stereocenters. The number of nitrogens with zero attached hydrogens (tertiary/aromatic N) is 2. The van der Waals surface area contributed by atoms with Crippen LogP contribution in [0.1, 0.15) is 11.1 Å². The summed E-state index contributed by atoms with van der Waals surface area (Å²) in [5.41, 5.74) is 7.40. The molecule has 7 heteroatoms. The molecule has 0 amide bonds. The van der Waals surface area contributed by atoms with Crippen molar-refractivity contribution in [2.24, 2.45) is 0 Å². The molecule has 3 rings (SSSR count). The van der Waals surface area contributed by atoms with Crippen molar-refractivity contribution in [2.75, 3.05) is 16.4 Å². The minimum absolute atomic E-state index is 0.0147. The third kappa shape index (κ3) is 4.20. The Kier molecular flexibility index (Phi) is 5.03. The standard InChI is InChI=1S/C18H17F2N5/c19-14-2-1-3-15(20)13(14)11-23-17-5-4-16(21)18(25-17)24-10-12-6-8-22-9-7-12/h1-9H,10-11,21H2,(H2,23,24,25). The Morgan fingerprint density at radius 2 is 1.60 bits per heavy atom. The molecule has 0 saturated heterocycles. The van der Waals surface area contributed by atoms with Crippen LogP contribution in [0.5, 0.6) is 0 Å². The topological polar surface area (TPSA) is 75.9 Å². The number of nitrogens with one attached hydrogen (secondary N) is 2. The van der Waals surface area contributed by atoms with E-state index in [2.05, 4.69) is 20.6 Å². The molecule has 128 valence electrons. The van der Waals surface area contributed by atoms with E-state index in [4.69, 9.17) is 5.73 Å². The second-order valence-electron chi connectivity index (χ2n) is 5.40. The second kappa shape index (κ2) is 7.57. The summed E-state index contributed by atoms with van der Waals surface area (Å²) < 4.78 is 27.3.